The molecule has 0 unspecified atom stereocenters. The lowest BCUT2D eigenvalue weighted by atomic mass is 10.0. The van der Waals surface area contributed by atoms with Crippen molar-refractivity contribution in [1.82, 2.24) is 20.3 Å². The van der Waals surface area contributed by atoms with E-state index in [2.05, 4.69) is 44.6 Å². The number of aryl methyl sites for hydroxylation is 2. The van der Waals surface area contributed by atoms with E-state index in [0.29, 0.717) is 11.7 Å². The Kier molecular flexibility index (Phi) is 5.22. The number of benzene rings is 1. The van der Waals surface area contributed by atoms with Crippen LogP contribution in [0.2, 0.25) is 0 Å². The standard InChI is InChI=1S/C22H21N5OS/c1-4-23-21(28)27-22-26-19-11-15(16-9-13(2)14(3)25-12-16)10-17(20(19)29-22)18-7-5-6-8-24-18/h5-12H,4H2,1-3H3,(H2,23,26,27,28). The number of nitrogens with zero attached hydrogens (tertiary/aromatic N) is 3. The van der Waals surface area contributed by atoms with Crippen molar-refractivity contribution in [2.75, 3.05) is 11.9 Å². The van der Waals surface area contributed by atoms with Crippen LogP contribution in [-0.2, 0) is 0 Å². The Balaban J connectivity index is 1.87. The predicted molar refractivity (Wildman–Crippen MR) is 118 cm³/mol. The van der Waals surface area contributed by atoms with E-state index in [0.717, 1.165) is 43.9 Å². The molecule has 0 atom stereocenters. The highest BCUT2D eigenvalue weighted by Gasteiger charge is 2.15. The minimum Gasteiger partial charge on any atom is -0.338 e. The zero-order chi connectivity index (χ0) is 20.4. The summed E-state index contributed by atoms with van der Waals surface area (Å²) >= 11 is 1.44. The van der Waals surface area contributed by atoms with Gasteiger partial charge in [0.2, 0.25) is 0 Å². The summed E-state index contributed by atoms with van der Waals surface area (Å²) in [7, 11) is 0. The molecule has 146 valence electrons. The van der Waals surface area contributed by atoms with Crippen LogP contribution in [0.25, 0.3) is 32.6 Å². The number of fused-ring (bicyclic) bond motifs is 1. The van der Waals surface area contributed by atoms with Crippen molar-refractivity contribution in [2.24, 2.45) is 0 Å². The summed E-state index contributed by atoms with van der Waals surface area (Å²) < 4.78 is 0.982. The average Bonchev–Trinajstić information content (AvgIpc) is 3.12. The maximum Gasteiger partial charge on any atom is 0.321 e. The van der Waals surface area contributed by atoms with Gasteiger partial charge < -0.3 is 5.32 Å². The van der Waals surface area contributed by atoms with Crippen molar-refractivity contribution in [3.8, 4) is 22.4 Å². The number of anilines is 1. The van der Waals surface area contributed by atoms with Crippen LogP contribution in [0.5, 0.6) is 0 Å². The number of carbonyl (C=O) groups excluding carboxylic acids is 1. The molecule has 2 N–H and O–H groups in total. The van der Waals surface area contributed by atoms with E-state index in [9.17, 15) is 4.79 Å². The van der Waals surface area contributed by atoms with Crippen molar-refractivity contribution >= 4 is 32.7 Å². The molecule has 4 aromatic rings. The number of carbonyl (C=O) groups is 1. The van der Waals surface area contributed by atoms with Gasteiger partial charge in [0.15, 0.2) is 5.13 Å². The Morgan fingerprint density at radius 2 is 1.97 bits per heavy atom. The first-order valence-corrected chi connectivity index (χ1v) is 10.2. The van der Waals surface area contributed by atoms with Gasteiger partial charge in [0, 0.05) is 35.8 Å². The molecule has 0 aliphatic heterocycles. The van der Waals surface area contributed by atoms with Gasteiger partial charge in [-0.1, -0.05) is 17.4 Å². The summed E-state index contributed by atoms with van der Waals surface area (Å²) in [5, 5.41) is 6.09. The SMILES string of the molecule is CCNC(=O)Nc1nc2cc(-c3cnc(C)c(C)c3)cc(-c3ccccn3)c2s1. The molecular formula is C22H21N5OS. The van der Waals surface area contributed by atoms with E-state index in [1.54, 1.807) is 6.20 Å². The van der Waals surface area contributed by atoms with E-state index in [1.807, 2.05) is 44.3 Å². The zero-order valence-corrected chi connectivity index (χ0v) is 17.3. The van der Waals surface area contributed by atoms with Crippen molar-refractivity contribution < 1.29 is 4.79 Å². The Labute approximate surface area is 173 Å². The molecule has 1 aromatic carbocycles. The highest BCUT2D eigenvalue weighted by molar-refractivity contribution is 7.22. The summed E-state index contributed by atoms with van der Waals surface area (Å²) in [6, 6.07) is 11.9. The number of aromatic nitrogens is 3. The van der Waals surface area contributed by atoms with Crippen molar-refractivity contribution in [2.45, 2.75) is 20.8 Å². The van der Waals surface area contributed by atoms with Crippen LogP contribution in [0.15, 0.2) is 48.8 Å². The zero-order valence-electron chi connectivity index (χ0n) is 16.5. The first-order valence-electron chi connectivity index (χ1n) is 9.39. The Morgan fingerprint density at radius 1 is 1.10 bits per heavy atom. The van der Waals surface area contributed by atoms with Crippen LogP contribution in [-0.4, -0.2) is 27.5 Å². The third-order valence-corrected chi connectivity index (χ3v) is 5.68. The van der Waals surface area contributed by atoms with Gasteiger partial charge in [-0.05, 0) is 62.2 Å². The van der Waals surface area contributed by atoms with E-state index in [1.165, 1.54) is 11.3 Å². The van der Waals surface area contributed by atoms with Crippen molar-refractivity contribution in [1.29, 1.82) is 0 Å². The molecule has 2 amide bonds. The van der Waals surface area contributed by atoms with Crippen LogP contribution in [0.3, 0.4) is 0 Å². The fraction of sp³-hybridized carbons (Fsp3) is 0.182. The number of rotatable bonds is 4. The molecule has 3 heterocycles. The Hall–Kier alpha value is -3.32. The van der Waals surface area contributed by atoms with Gasteiger partial charge in [-0.25, -0.2) is 9.78 Å². The molecule has 29 heavy (non-hydrogen) atoms. The van der Waals surface area contributed by atoms with Crippen LogP contribution in [0, 0.1) is 13.8 Å². The first kappa shape index (κ1) is 19.0. The maximum atomic E-state index is 11.9. The third-order valence-electron chi connectivity index (χ3n) is 4.66. The van der Waals surface area contributed by atoms with E-state index in [4.69, 9.17) is 0 Å². The molecule has 7 heteroatoms. The summed E-state index contributed by atoms with van der Waals surface area (Å²) in [4.78, 5) is 25.6. The second kappa shape index (κ2) is 7.97. The average molecular weight is 404 g/mol. The molecule has 0 saturated heterocycles. The third kappa shape index (κ3) is 3.95. The quantitative estimate of drug-likeness (QED) is 0.492. The Morgan fingerprint density at radius 3 is 2.69 bits per heavy atom. The first-order chi connectivity index (χ1) is 14.0. The van der Waals surface area contributed by atoms with Gasteiger partial charge in [-0.2, -0.15) is 0 Å². The van der Waals surface area contributed by atoms with Gasteiger partial charge in [0.1, 0.15) is 0 Å². The van der Waals surface area contributed by atoms with Gasteiger partial charge in [-0.15, -0.1) is 0 Å². The van der Waals surface area contributed by atoms with Gasteiger partial charge >= 0.3 is 6.03 Å². The minimum absolute atomic E-state index is 0.260. The number of hydrogen-bond acceptors (Lipinski definition) is 5. The molecule has 0 aliphatic carbocycles. The molecule has 0 fully saturated rings. The molecule has 4 rings (SSSR count). The normalized spacial score (nSPS) is 10.9. The second-order valence-electron chi connectivity index (χ2n) is 6.72. The maximum absolute atomic E-state index is 11.9. The fourth-order valence-electron chi connectivity index (χ4n) is 3.07. The van der Waals surface area contributed by atoms with Crippen molar-refractivity contribution in [3.05, 3.63) is 60.0 Å². The molecule has 0 aliphatic rings. The molecule has 0 radical (unpaired) electrons. The van der Waals surface area contributed by atoms with Crippen LogP contribution < -0.4 is 10.6 Å². The molecular weight excluding hydrogens is 382 g/mol. The monoisotopic (exact) mass is 403 g/mol. The molecule has 0 spiro atoms. The number of hydrogen-bond donors (Lipinski definition) is 2. The second-order valence-corrected chi connectivity index (χ2v) is 7.72. The lowest BCUT2D eigenvalue weighted by Crippen LogP contribution is -2.28. The van der Waals surface area contributed by atoms with E-state index in [-0.39, 0.29) is 6.03 Å². The van der Waals surface area contributed by atoms with Crippen LogP contribution in [0.4, 0.5) is 9.93 Å². The molecule has 6 nitrogen and oxygen atoms in total. The smallest absolute Gasteiger partial charge is 0.321 e. The fourth-order valence-corrected chi connectivity index (χ4v) is 4.03. The summed E-state index contributed by atoms with van der Waals surface area (Å²) in [5.41, 5.74) is 6.86. The topological polar surface area (TPSA) is 79.8 Å². The van der Waals surface area contributed by atoms with Gasteiger partial charge in [0.05, 0.1) is 15.9 Å². The lowest BCUT2D eigenvalue weighted by Gasteiger charge is -2.08. The van der Waals surface area contributed by atoms with Crippen LogP contribution >= 0.6 is 11.3 Å². The highest BCUT2D eigenvalue weighted by atomic mass is 32.1. The summed E-state index contributed by atoms with van der Waals surface area (Å²) in [6.07, 6.45) is 3.66. The van der Waals surface area contributed by atoms with Gasteiger partial charge in [-0.3, -0.25) is 15.3 Å². The number of nitrogens with one attached hydrogen (secondary N) is 2. The van der Waals surface area contributed by atoms with E-state index < -0.39 is 0 Å². The molecule has 0 bridgehead atoms. The number of urea groups is 1. The minimum atomic E-state index is -0.260. The van der Waals surface area contributed by atoms with Crippen LogP contribution in [0.1, 0.15) is 18.2 Å². The number of pyridine rings is 2. The lowest BCUT2D eigenvalue weighted by molar-refractivity contribution is 0.252. The highest BCUT2D eigenvalue weighted by Crippen LogP contribution is 2.38. The summed E-state index contributed by atoms with van der Waals surface area (Å²) in [6.45, 7) is 6.49. The van der Waals surface area contributed by atoms with Crippen molar-refractivity contribution in [3.63, 3.8) is 0 Å². The number of amides is 2. The van der Waals surface area contributed by atoms with Gasteiger partial charge in [0.25, 0.3) is 0 Å². The predicted octanol–water partition coefficient (Wildman–Crippen LogP) is 5.18. The summed E-state index contributed by atoms with van der Waals surface area (Å²) in [5.74, 6) is 0. The molecule has 3 aromatic heterocycles. The van der Waals surface area contributed by atoms with E-state index >= 15 is 0 Å². The number of thiazole rings is 1. The largest absolute Gasteiger partial charge is 0.338 e. The Bertz CT molecular complexity index is 1190. The molecule has 0 saturated carbocycles.